The normalized spacial score (nSPS) is 10.6. The first-order valence-corrected chi connectivity index (χ1v) is 14.4. The molecular weight excluding hydrogens is 610 g/mol. The highest BCUT2D eigenvalue weighted by molar-refractivity contribution is 9.10. The lowest BCUT2D eigenvalue weighted by Crippen LogP contribution is -2.26. The molecule has 0 saturated heterocycles. The number of nitrogens with zero attached hydrogens (tertiary/aromatic N) is 3. The van der Waals surface area contributed by atoms with Crippen LogP contribution in [0.1, 0.15) is 28.7 Å². The first-order valence-electron chi connectivity index (χ1n) is 12.7. The fourth-order valence-electron chi connectivity index (χ4n) is 3.76. The van der Waals surface area contributed by atoms with Gasteiger partial charge in [-0.15, -0.1) is 10.2 Å². The van der Waals surface area contributed by atoms with Crippen LogP contribution >= 0.6 is 27.7 Å². The molecule has 4 rings (SSSR count). The molecule has 0 radical (unpaired) electrons. The molecule has 4 aromatic rings. The van der Waals surface area contributed by atoms with Crippen molar-refractivity contribution in [3.8, 4) is 11.4 Å². The van der Waals surface area contributed by atoms with Gasteiger partial charge in [0, 0.05) is 15.8 Å². The van der Waals surface area contributed by atoms with E-state index in [0.29, 0.717) is 22.2 Å². The molecule has 0 fully saturated rings. The van der Waals surface area contributed by atoms with Crippen LogP contribution in [0.2, 0.25) is 0 Å². The lowest BCUT2D eigenvalue weighted by molar-refractivity contribution is -0.120. The van der Waals surface area contributed by atoms with Gasteiger partial charge in [0.15, 0.2) is 11.0 Å². The number of ether oxygens (including phenoxy) is 2. The first kappa shape index (κ1) is 29.8. The molecule has 1 aromatic heterocycles. The third-order valence-corrected chi connectivity index (χ3v) is 7.22. The van der Waals surface area contributed by atoms with Gasteiger partial charge in [-0.1, -0.05) is 39.8 Å². The number of methoxy groups -OCH3 is 1. The van der Waals surface area contributed by atoms with Crippen molar-refractivity contribution >= 4 is 51.2 Å². The van der Waals surface area contributed by atoms with Crippen LogP contribution in [-0.2, 0) is 27.3 Å². The molecule has 212 valence electrons. The summed E-state index contributed by atoms with van der Waals surface area (Å²) < 4.78 is 12.9. The number of aromatic nitrogens is 3. The van der Waals surface area contributed by atoms with E-state index in [4.69, 9.17) is 9.47 Å². The number of hydrogen-bond acceptors (Lipinski definition) is 8. The van der Waals surface area contributed by atoms with Gasteiger partial charge in [0.05, 0.1) is 38.0 Å². The second-order valence-corrected chi connectivity index (χ2v) is 10.5. The van der Waals surface area contributed by atoms with Crippen molar-refractivity contribution in [3.63, 3.8) is 0 Å². The number of thioether (sulfide) groups is 1. The van der Waals surface area contributed by atoms with Gasteiger partial charge in [-0.3, -0.25) is 14.2 Å². The molecule has 1 heterocycles. The third kappa shape index (κ3) is 8.41. The Hall–Kier alpha value is -4.16. The van der Waals surface area contributed by atoms with Gasteiger partial charge < -0.3 is 20.1 Å². The topological polar surface area (TPSA) is 124 Å². The summed E-state index contributed by atoms with van der Waals surface area (Å²) in [6.07, 6.45) is 0.207. The zero-order valence-corrected chi connectivity index (χ0v) is 24.8. The van der Waals surface area contributed by atoms with E-state index in [9.17, 15) is 14.4 Å². The Labute approximate surface area is 250 Å². The number of nitrogens with one attached hydrogen (secondary N) is 2. The Kier molecular flexibility index (Phi) is 10.5. The Morgan fingerprint density at radius 1 is 0.927 bits per heavy atom. The molecule has 0 aliphatic heterocycles. The molecule has 2 N–H and O–H groups in total. The second-order valence-electron chi connectivity index (χ2n) is 8.65. The average molecular weight is 639 g/mol. The molecule has 0 unspecified atom stereocenters. The maximum absolute atomic E-state index is 12.7. The average Bonchev–Trinajstić information content (AvgIpc) is 3.39. The lowest BCUT2D eigenvalue weighted by atomic mass is 10.1. The number of benzene rings is 3. The Balaban J connectivity index is 1.41. The van der Waals surface area contributed by atoms with Crippen LogP contribution in [0.4, 0.5) is 5.69 Å². The molecule has 0 aliphatic carbocycles. The molecule has 41 heavy (non-hydrogen) atoms. The highest BCUT2D eigenvalue weighted by atomic mass is 79.9. The van der Waals surface area contributed by atoms with Crippen LogP contribution in [0.3, 0.4) is 0 Å². The summed E-state index contributed by atoms with van der Waals surface area (Å²) >= 11 is 4.66. The van der Waals surface area contributed by atoms with Crippen molar-refractivity contribution in [3.05, 3.63) is 94.2 Å². The lowest BCUT2D eigenvalue weighted by Gasteiger charge is -2.12. The maximum Gasteiger partial charge on any atom is 0.338 e. The van der Waals surface area contributed by atoms with Gasteiger partial charge in [-0.2, -0.15) is 0 Å². The molecule has 10 nitrogen and oxygen atoms in total. The van der Waals surface area contributed by atoms with Crippen LogP contribution < -0.4 is 15.4 Å². The predicted molar refractivity (Wildman–Crippen MR) is 159 cm³/mol. The number of anilines is 1. The van der Waals surface area contributed by atoms with Gasteiger partial charge >= 0.3 is 5.97 Å². The summed E-state index contributed by atoms with van der Waals surface area (Å²) in [4.78, 5) is 37.1. The molecule has 0 atom stereocenters. The van der Waals surface area contributed by atoms with E-state index in [1.165, 1.54) is 11.8 Å². The molecule has 12 heteroatoms. The van der Waals surface area contributed by atoms with Gasteiger partial charge in [0.2, 0.25) is 11.8 Å². The van der Waals surface area contributed by atoms with Crippen LogP contribution in [0.25, 0.3) is 5.69 Å². The molecular formula is C29H28BrN5O5S. The van der Waals surface area contributed by atoms with Crippen LogP contribution in [0.5, 0.6) is 5.75 Å². The van der Waals surface area contributed by atoms with E-state index in [1.54, 1.807) is 38.3 Å². The quantitative estimate of drug-likeness (QED) is 0.168. The Morgan fingerprint density at radius 2 is 1.63 bits per heavy atom. The molecule has 0 spiro atoms. The molecule has 0 bridgehead atoms. The molecule has 3 aromatic carbocycles. The van der Waals surface area contributed by atoms with Crippen molar-refractivity contribution in [2.75, 3.05) is 24.8 Å². The van der Waals surface area contributed by atoms with Crippen molar-refractivity contribution < 1.29 is 23.9 Å². The molecule has 0 saturated carbocycles. The molecule has 2 amide bonds. The monoisotopic (exact) mass is 637 g/mol. The van der Waals surface area contributed by atoms with E-state index in [0.717, 1.165) is 21.5 Å². The van der Waals surface area contributed by atoms with Crippen LogP contribution in [0.15, 0.2) is 82.4 Å². The Bertz CT molecular complexity index is 1490. The summed E-state index contributed by atoms with van der Waals surface area (Å²) in [7, 11) is 1.59. The maximum atomic E-state index is 12.7. The Morgan fingerprint density at radius 3 is 2.29 bits per heavy atom. The second kappa shape index (κ2) is 14.5. The predicted octanol–water partition coefficient (Wildman–Crippen LogP) is 4.80. The van der Waals surface area contributed by atoms with Crippen LogP contribution in [-0.4, -0.2) is 52.0 Å². The standard InChI is InChI=1S/C29H28BrN5O5S/c1-3-40-28(38)20-6-10-22(11-7-20)32-27(37)18-41-29-34-33-25(35(29)23-12-8-21(30)9-13-23)17-31-26(36)16-19-4-14-24(39-2)15-5-19/h4-15H,3,16-18H2,1-2H3,(H,31,36)(H,32,37). The minimum Gasteiger partial charge on any atom is -0.497 e. The van der Waals surface area contributed by atoms with Gasteiger partial charge in [-0.25, -0.2) is 4.79 Å². The summed E-state index contributed by atoms with van der Waals surface area (Å²) in [5.41, 5.74) is 2.61. The van der Waals surface area contributed by atoms with E-state index in [2.05, 4.69) is 36.8 Å². The number of rotatable bonds is 12. The van der Waals surface area contributed by atoms with Crippen molar-refractivity contribution in [2.24, 2.45) is 0 Å². The summed E-state index contributed by atoms with van der Waals surface area (Å²) in [5.74, 6) is 0.482. The van der Waals surface area contributed by atoms with Crippen LogP contribution in [0, 0.1) is 0 Å². The summed E-state index contributed by atoms with van der Waals surface area (Å²) in [5, 5.41) is 14.8. The minimum absolute atomic E-state index is 0.0676. The zero-order valence-electron chi connectivity index (χ0n) is 22.4. The van der Waals surface area contributed by atoms with Crippen molar-refractivity contribution in [1.82, 2.24) is 20.1 Å². The van der Waals surface area contributed by atoms with Crippen molar-refractivity contribution in [1.29, 1.82) is 0 Å². The number of carbonyl (C=O) groups excluding carboxylic acids is 3. The fourth-order valence-corrected chi connectivity index (χ4v) is 4.79. The molecule has 0 aliphatic rings. The SMILES string of the molecule is CCOC(=O)c1ccc(NC(=O)CSc2nnc(CNC(=O)Cc3ccc(OC)cc3)n2-c2ccc(Br)cc2)cc1. The van der Waals surface area contributed by atoms with E-state index >= 15 is 0 Å². The van der Waals surface area contributed by atoms with Gasteiger partial charge in [0.1, 0.15) is 5.75 Å². The largest absolute Gasteiger partial charge is 0.497 e. The highest BCUT2D eigenvalue weighted by Crippen LogP contribution is 2.24. The van der Waals surface area contributed by atoms with Crippen molar-refractivity contribution in [2.45, 2.75) is 25.0 Å². The number of carbonyl (C=O) groups is 3. The third-order valence-electron chi connectivity index (χ3n) is 5.76. The smallest absolute Gasteiger partial charge is 0.338 e. The number of esters is 1. The van der Waals surface area contributed by atoms with E-state index < -0.39 is 5.97 Å². The van der Waals surface area contributed by atoms with Gasteiger partial charge in [-0.05, 0) is 73.2 Å². The van der Waals surface area contributed by atoms with Gasteiger partial charge in [0.25, 0.3) is 0 Å². The number of hydrogen-bond donors (Lipinski definition) is 2. The zero-order chi connectivity index (χ0) is 29.2. The fraction of sp³-hybridized carbons (Fsp3) is 0.207. The summed E-state index contributed by atoms with van der Waals surface area (Å²) in [6.45, 7) is 2.18. The van der Waals surface area contributed by atoms with E-state index in [-0.39, 0.29) is 37.1 Å². The number of amides is 2. The number of halogens is 1. The minimum atomic E-state index is -0.416. The van der Waals surface area contributed by atoms with E-state index in [1.807, 2.05) is 53.1 Å². The first-order chi connectivity index (χ1) is 19.9. The highest BCUT2D eigenvalue weighted by Gasteiger charge is 2.17. The summed E-state index contributed by atoms with van der Waals surface area (Å²) in [6, 6.07) is 21.4.